The van der Waals surface area contributed by atoms with Crippen LogP contribution in [0.3, 0.4) is 0 Å². The Kier molecular flexibility index (Phi) is 8.51. The van der Waals surface area contributed by atoms with Gasteiger partial charge in [0.25, 0.3) is 15.9 Å². The number of carbonyl (C=O) groups excluding carboxylic acids is 2. The summed E-state index contributed by atoms with van der Waals surface area (Å²) in [4.78, 5) is 43.3. The fourth-order valence-electron chi connectivity index (χ4n) is 6.70. The first-order chi connectivity index (χ1) is 22.6. The van der Waals surface area contributed by atoms with Crippen molar-refractivity contribution >= 4 is 56.7 Å². The van der Waals surface area contributed by atoms with Gasteiger partial charge in [-0.1, -0.05) is 47.5 Å². The van der Waals surface area contributed by atoms with E-state index < -0.39 is 34.1 Å². The van der Waals surface area contributed by atoms with Crippen LogP contribution in [0.2, 0.25) is 10.0 Å². The lowest BCUT2D eigenvalue weighted by Gasteiger charge is -2.34. The third kappa shape index (κ3) is 5.91. The number of sulfonamides is 1. The molecule has 2 unspecified atom stereocenters. The van der Waals surface area contributed by atoms with Crippen LogP contribution in [0.15, 0.2) is 72.4 Å². The van der Waals surface area contributed by atoms with E-state index in [9.17, 15) is 23.1 Å². The molecule has 2 amide bonds. The van der Waals surface area contributed by atoms with Gasteiger partial charge in [0, 0.05) is 54.1 Å². The number of aromatic nitrogens is 4. The molecule has 3 atom stereocenters. The van der Waals surface area contributed by atoms with Gasteiger partial charge in [0.2, 0.25) is 11.9 Å². The molecule has 47 heavy (non-hydrogen) atoms. The number of rotatable bonds is 7. The number of fused-ring (bicyclic) bond motifs is 1. The zero-order valence-corrected chi connectivity index (χ0v) is 27.4. The third-order valence-corrected chi connectivity index (χ3v) is 11.2. The van der Waals surface area contributed by atoms with E-state index in [1.54, 1.807) is 29.4 Å². The number of aliphatic hydroxyl groups excluding tert-OH is 1. The Morgan fingerprint density at radius 3 is 2.34 bits per heavy atom. The minimum Gasteiger partial charge on any atom is -0.391 e. The Morgan fingerprint density at radius 1 is 0.936 bits per heavy atom. The molecule has 12 nitrogen and oxygen atoms in total. The van der Waals surface area contributed by atoms with Crippen molar-refractivity contribution in [2.75, 3.05) is 24.5 Å². The summed E-state index contributed by atoms with van der Waals surface area (Å²) in [6, 6.07) is 10.3. The zero-order chi connectivity index (χ0) is 32.9. The summed E-state index contributed by atoms with van der Waals surface area (Å²) in [5.41, 5.74) is 2.86. The summed E-state index contributed by atoms with van der Waals surface area (Å²) >= 11 is 12.6. The van der Waals surface area contributed by atoms with Crippen LogP contribution in [0.5, 0.6) is 0 Å². The molecular weight excluding hydrogens is 665 g/mol. The molecule has 3 aliphatic heterocycles. The molecule has 2 saturated heterocycles. The van der Waals surface area contributed by atoms with Gasteiger partial charge in [0.15, 0.2) is 5.03 Å². The molecule has 1 N–H and O–H groups in total. The van der Waals surface area contributed by atoms with Crippen molar-refractivity contribution in [3.63, 3.8) is 0 Å². The summed E-state index contributed by atoms with van der Waals surface area (Å²) < 4.78 is 31.5. The van der Waals surface area contributed by atoms with E-state index in [1.165, 1.54) is 32.4 Å². The SMILES string of the molecule is O=C([C@@H]1CCCN1S(=O)(=O)c1cnc2n1C(Cc1ccc(-c3cncnc3)cc1)C(=O)N2c1cc(Cl)cc(Cl)c1)N1CCCC(O)C1. The lowest BCUT2D eigenvalue weighted by atomic mass is 10.0. The summed E-state index contributed by atoms with van der Waals surface area (Å²) in [5.74, 6) is -0.617. The van der Waals surface area contributed by atoms with Crippen LogP contribution in [0.4, 0.5) is 11.6 Å². The van der Waals surface area contributed by atoms with Crippen LogP contribution in [-0.4, -0.2) is 85.8 Å². The number of benzene rings is 2. The molecule has 0 spiro atoms. The number of aliphatic hydroxyl groups is 1. The lowest BCUT2D eigenvalue weighted by Crippen LogP contribution is -2.51. The van der Waals surface area contributed by atoms with Crippen LogP contribution >= 0.6 is 23.2 Å². The van der Waals surface area contributed by atoms with Gasteiger partial charge < -0.3 is 10.0 Å². The number of anilines is 2. The summed E-state index contributed by atoms with van der Waals surface area (Å²) in [7, 11) is -4.30. The highest BCUT2D eigenvalue weighted by atomic mass is 35.5. The number of piperidine rings is 1. The Balaban J connectivity index is 1.26. The van der Waals surface area contributed by atoms with E-state index in [2.05, 4.69) is 15.0 Å². The van der Waals surface area contributed by atoms with Gasteiger partial charge in [0.05, 0.1) is 18.0 Å². The van der Waals surface area contributed by atoms with Crippen molar-refractivity contribution in [2.24, 2.45) is 0 Å². The van der Waals surface area contributed by atoms with Crippen LogP contribution in [0, 0.1) is 0 Å². The van der Waals surface area contributed by atoms with Crippen LogP contribution in [0.1, 0.15) is 37.3 Å². The largest absolute Gasteiger partial charge is 0.391 e. The molecule has 3 aliphatic rings. The normalized spacial score (nSPS) is 21.8. The fourth-order valence-corrected chi connectivity index (χ4v) is 9.00. The molecule has 244 valence electrons. The molecule has 2 aromatic heterocycles. The number of nitrogens with zero attached hydrogens (tertiary/aromatic N) is 7. The number of halogens is 2. The van der Waals surface area contributed by atoms with Crippen molar-refractivity contribution in [1.82, 2.24) is 28.7 Å². The minimum atomic E-state index is -4.30. The van der Waals surface area contributed by atoms with Gasteiger partial charge in [-0.05, 0) is 55.0 Å². The molecule has 0 saturated carbocycles. The standard InChI is InChI=1S/C32H31Cl2N7O5S/c33-23-12-24(34)14-25(13-23)40-31(44)28(11-20-5-7-21(8-6-20)22-15-35-19-36-16-22)41-29(17-37-32(40)41)47(45,46)39-10-2-4-27(39)30(43)38-9-1-3-26(42)18-38/h5-8,12-17,19,26-28,42H,1-4,9-11,18H2/t26?,27-,28?/m0/s1. The quantitative estimate of drug-likeness (QED) is 0.303. The number of imidazole rings is 1. The summed E-state index contributed by atoms with van der Waals surface area (Å²) in [6.45, 7) is 0.786. The van der Waals surface area contributed by atoms with E-state index in [0.29, 0.717) is 48.0 Å². The fraction of sp³-hybridized carbons (Fsp3) is 0.344. The first-order valence-electron chi connectivity index (χ1n) is 15.3. The van der Waals surface area contributed by atoms with Crippen molar-refractivity contribution in [2.45, 2.75) is 55.3 Å². The number of β-amino-alcohol motifs (C(OH)–C–C–N with tert-alkyl or cyclic N) is 1. The van der Waals surface area contributed by atoms with Gasteiger partial charge in [0.1, 0.15) is 18.4 Å². The summed E-state index contributed by atoms with van der Waals surface area (Å²) in [5, 5.41) is 10.6. The second-order valence-electron chi connectivity index (χ2n) is 12.0. The maximum Gasteiger partial charge on any atom is 0.261 e. The highest BCUT2D eigenvalue weighted by Gasteiger charge is 2.48. The molecule has 7 rings (SSSR count). The summed E-state index contributed by atoms with van der Waals surface area (Å²) in [6.07, 6.45) is 7.74. The van der Waals surface area contributed by atoms with Gasteiger partial charge in [-0.3, -0.25) is 14.2 Å². The lowest BCUT2D eigenvalue weighted by molar-refractivity contribution is -0.137. The Bertz CT molecular complexity index is 1920. The van der Waals surface area contributed by atoms with Crippen molar-refractivity contribution < 1.29 is 23.1 Å². The maximum absolute atomic E-state index is 14.4. The van der Waals surface area contributed by atoms with Crippen molar-refractivity contribution in [3.05, 3.63) is 83.0 Å². The van der Waals surface area contributed by atoms with E-state index in [4.69, 9.17) is 23.2 Å². The minimum absolute atomic E-state index is 0.108. The van der Waals surface area contributed by atoms with Crippen LogP contribution in [0.25, 0.3) is 11.1 Å². The number of amides is 2. The Morgan fingerprint density at radius 2 is 1.64 bits per heavy atom. The Hall–Kier alpha value is -3.88. The first-order valence-corrected chi connectivity index (χ1v) is 17.5. The third-order valence-electron chi connectivity index (χ3n) is 8.91. The number of likely N-dealkylation sites (tertiary alicyclic amines) is 1. The maximum atomic E-state index is 14.4. The number of carbonyl (C=O) groups is 2. The first kappa shape index (κ1) is 31.7. The predicted octanol–water partition coefficient (Wildman–Crippen LogP) is 4.25. The second-order valence-corrected chi connectivity index (χ2v) is 14.7. The molecule has 2 fully saturated rings. The molecule has 0 bridgehead atoms. The monoisotopic (exact) mass is 695 g/mol. The number of hydrogen-bond acceptors (Lipinski definition) is 8. The molecule has 0 radical (unpaired) electrons. The van der Waals surface area contributed by atoms with Crippen LogP contribution in [-0.2, 0) is 26.0 Å². The molecule has 2 aromatic carbocycles. The van der Waals surface area contributed by atoms with E-state index in [1.807, 2.05) is 24.3 Å². The molecule has 15 heteroatoms. The average Bonchev–Trinajstić information content (AvgIpc) is 3.78. The van der Waals surface area contributed by atoms with Gasteiger partial charge in [-0.2, -0.15) is 4.31 Å². The molecule has 5 heterocycles. The highest BCUT2D eigenvalue weighted by molar-refractivity contribution is 7.89. The van der Waals surface area contributed by atoms with Gasteiger partial charge in [-0.15, -0.1) is 0 Å². The topological polar surface area (TPSA) is 142 Å². The smallest absolute Gasteiger partial charge is 0.261 e. The van der Waals surface area contributed by atoms with E-state index >= 15 is 0 Å². The van der Waals surface area contributed by atoms with E-state index in [-0.39, 0.29) is 36.4 Å². The highest BCUT2D eigenvalue weighted by Crippen LogP contribution is 2.42. The van der Waals surface area contributed by atoms with E-state index in [0.717, 1.165) is 16.7 Å². The van der Waals surface area contributed by atoms with Crippen LogP contribution < -0.4 is 4.90 Å². The average molecular weight is 697 g/mol. The van der Waals surface area contributed by atoms with Crippen molar-refractivity contribution in [1.29, 1.82) is 0 Å². The predicted molar refractivity (Wildman–Crippen MR) is 175 cm³/mol. The van der Waals surface area contributed by atoms with Crippen molar-refractivity contribution in [3.8, 4) is 11.1 Å². The molecular formula is C32H31Cl2N7O5S. The molecule has 0 aliphatic carbocycles. The zero-order valence-electron chi connectivity index (χ0n) is 25.1. The van der Waals surface area contributed by atoms with Gasteiger partial charge >= 0.3 is 0 Å². The molecule has 4 aromatic rings. The Labute approximate surface area is 281 Å². The number of hydrogen-bond donors (Lipinski definition) is 1. The van der Waals surface area contributed by atoms with Gasteiger partial charge in [-0.25, -0.2) is 28.3 Å². The second kappa shape index (κ2) is 12.6.